The molecule has 2 aromatic heterocycles. The summed E-state index contributed by atoms with van der Waals surface area (Å²) in [5.41, 5.74) is 2.03. The number of fused-ring (bicyclic) bond motifs is 3. The van der Waals surface area contributed by atoms with E-state index in [1.54, 1.807) is 35.8 Å². The number of para-hydroxylation sites is 2. The molecule has 0 saturated carbocycles. The number of aryl methyl sites for hydroxylation is 1. The molecule has 0 aliphatic rings. The largest absolute Gasteiger partial charge is 0.294 e. The number of ketones is 1. The van der Waals surface area contributed by atoms with Crippen LogP contribution in [0.3, 0.4) is 0 Å². The lowest BCUT2D eigenvalue weighted by molar-refractivity contribution is 0.0991. The van der Waals surface area contributed by atoms with Crippen molar-refractivity contribution in [2.24, 2.45) is 7.05 Å². The summed E-state index contributed by atoms with van der Waals surface area (Å²) in [5.74, 6) is 0.320. The fourth-order valence-corrected chi connectivity index (χ4v) is 2.75. The van der Waals surface area contributed by atoms with E-state index in [9.17, 15) is 9.59 Å². The van der Waals surface area contributed by atoms with E-state index in [0.29, 0.717) is 11.3 Å². The minimum absolute atomic E-state index is 0.0425. The zero-order chi connectivity index (χ0) is 16.7. The summed E-state index contributed by atoms with van der Waals surface area (Å²) in [6.45, 7) is 0. The summed E-state index contributed by atoms with van der Waals surface area (Å²) >= 11 is 0. The van der Waals surface area contributed by atoms with Gasteiger partial charge in [-0.2, -0.15) is 9.61 Å². The van der Waals surface area contributed by atoms with E-state index in [1.165, 1.54) is 4.57 Å². The molecular formula is C18H14N4O2. The van der Waals surface area contributed by atoms with Gasteiger partial charge in [0.2, 0.25) is 5.78 Å². The molecule has 0 spiro atoms. The van der Waals surface area contributed by atoms with Crippen LogP contribution in [0.25, 0.3) is 16.8 Å². The molecule has 2 heterocycles. The molecule has 24 heavy (non-hydrogen) atoms. The number of nitrogens with zero attached hydrogens (tertiary/aromatic N) is 4. The Balaban J connectivity index is 1.87. The fraction of sp³-hybridized carbons (Fsp3) is 0.111. The molecule has 0 saturated heterocycles. The molecule has 0 atom stereocenters. The summed E-state index contributed by atoms with van der Waals surface area (Å²) < 4.78 is 3.05. The van der Waals surface area contributed by atoms with Crippen LogP contribution >= 0.6 is 0 Å². The van der Waals surface area contributed by atoms with Gasteiger partial charge in [-0.25, -0.2) is 4.98 Å². The van der Waals surface area contributed by atoms with Crippen molar-refractivity contribution in [3.8, 4) is 0 Å². The number of imidazole rings is 1. The van der Waals surface area contributed by atoms with Gasteiger partial charge in [-0.1, -0.05) is 42.5 Å². The molecular weight excluding hydrogens is 304 g/mol. The third kappa shape index (κ3) is 2.20. The molecule has 6 nitrogen and oxygen atoms in total. The number of carbonyl (C=O) groups excluding carboxylic acids is 1. The number of hydrogen-bond acceptors (Lipinski definition) is 4. The monoisotopic (exact) mass is 318 g/mol. The Morgan fingerprint density at radius 2 is 1.75 bits per heavy atom. The highest BCUT2D eigenvalue weighted by Crippen LogP contribution is 2.14. The van der Waals surface area contributed by atoms with Crippen molar-refractivity contribution in [2.75, 3.05) is 0 Å². The molecule has 0 aliphatic heterocycles. The van der Waals surface area contributed by atoms with Gasteiger partial charge in [-0.3, -0.25) is 14.2 Å². The lowest BCUT2D eigenvalue weighted by atomic mass is 10.1. The topological polar surface area (TPSA) is 69.3 Å². The lowest BCUT2D eigenvalue weighted by Crippen LogP contribution is -2.27. The first-order chi connectivity index (χ1) is 11.6. The van der Waals surface area contributed by atoms with Crippen LogP contribution in [-0.2, 0) is 13.5 Å². The normalized spacial score (nSPS) is 11.2. The summed E-state index contributed by atoms with van der Waals surface area (Å²) in [6, 6.07) is 16.4. The number of aromatic nitrogens is 4. The minimum Gasteiger partial charge on any atom is -0.294 e. The Hall–Kier alpha value is -3.28. The molecule has 2 aromatic carbocycles. The van der Waals surface area contributed by atoms with Crippen molar-refractivity contribution in [1.29, 1.82) is 0 Å². The van der Waals surface area contributed by atoms with Crippen molar-refractivity contribution in [1.82, 2.24) is 19.2 Å². The van der Waals surface area contributed by atoms with Gasteiger partial charge >= 0.3 is 0 Å². The number of rotatable bonds is 3. The SMILES string of the molecule is Cn1c(=O)c(CC(=O)c2ccccc2)nn2c3ccccc3nc12. The van der Waals surface area contributed by atoms with Gasteiger partial charge in [0, 0.05) is 12.6 Å². The molecule has 4 rings (SSSR count). The van der Waals surface area contributed by atoms with Gasteiger partial charge < -0.3 is 0 Å². The van der Waals surface area contributed by atoms with E-state index >= 15 is 0 Å². The van der Waals surface area contributed by atoms with Crippen LogP contribution in [0.4, 0.5) is 0 Å². The second-order valence-electron chi connectivity index (χ2n) is 5.59. The fourth-order valence-electron chi connectivity index (χ4n) is 2.75. The average Bonchev–Trinajstić information content (AvgIpc) is 2.99. The van der Waals surface area contributed by atoms with Gasteiger partial charge in [0.05, 0.1) is 17.5 Å². The third-order valence-corrected chi connectivity index (χ3v) is 4.02. The zero-order valence-corrected chi connectivity index (χ0v) is 13.0. The molecule has 0 N–H and O–H groups in total. The summed E-state index contributed by atoms with van der Waals surface area (Å²) in [6.07, 6.45) is -0.0425. The second kappa shape index (κ2) is 5.42. The smallest absolute Gasteiger partial charge is 0.277 e. The minimum atomic E-state index is -0.304. The molecule has 0 radical (unpaired) electrons. The van der Waals surface area contributed by atoms with E-state index in [-0.39, 0.29) is 23.5 Å². The molecule has 0 fully saturated rings. The Morgan fingerprint density at radius 3 is 2.54 bits per heavy atom. The first kappa shape index (κ1) is 14.3. The van der Waals surface area contributed by atoms with Crippen molar-refractivity contribution < 1.29 is 4.79 Å². The third-order valence-electron chi connectivity index (χ3n) is 4.02. The molecule has 0 bridgehead atoms. The highest BCUT2D eigenvalue weighted by Gasteiger charge is 2.16. The van der Waals surface area contributed by atoms with Gasteiger partial charge in [0.25, 0.3) is 5.56 Å². The quantitative estimate of drug-likeness (QED) is 0.542. The van der Waals surface area contributed by atoms with Crippen LogP contribution in [0.1, 0.15) is 16.1 Å². The van der Waals surface area contributed by atoms with Gasteiger partial charge in [0.1, 0.15) is 5.69 Å². The molecule has 118 valence electrons. The molecule has 6 heteroatoms. The van der Waals surface area contributed by atoms with Crippen LogP contribution < -0.4 is 5.56 Å². The predicted octanol–water partition coefficient (Wildman–Crippen LogP) is 2.01. The molecule has 0 amide bonds. The Kier molecular flexibility index (Phi) is 3.23. The summed E-state index contributed by atoms with van der Waals surface area (Å²) in [5, 5.41) is 4.39. The van der Waals surface area contributed by atoms with Crippen molar-refractivity contribution in [2.45, 2.75) is 6.42 Å². The molecule has 0 aliphatic carbocycles. The van der Waals surface area contributed by atoms with E-state index in [0.717, 1.165) is 11.0 Å². The zero-order valence-electron chi connectivity index (χ0n) is 13.0. The van der Waals surface area contributed by atoms with Crippen LogP contribution in [-0.4, -0.2) is 24.9 Å². The number of Topliss-reactive ketones (excluding diaryl/α,β-unsaturated/α-hetero) is 1. The number of carbonyl (C=O) groups is 1. The number of hydrogen-bond donors (Lipinski definition) is 0. The summed E-state index contributed by atoms with van der Waals surface area (Å²) in [7, 11) is 1.64. The van der Waals surface area contributed by atoms with Crippen LogP contribution in [0.15, 0.2) is 59.4 Å². The van der Waals surface area contributed by atoms with Crippen molar-refractivity contribution >= 4 is 22.6 Å². The number of benzene rings is 2. The van der Waals surface area contributed by atoms with E-state index in [1.807, 2.05) is 30.3 Å². The predicted molar refractivity (Wildman–Crippen MR) is 90.2 cm³/mol. The average molecular weight is 318 g/mol. The highest BCUT2D eigenvalue weighted by molar-refractivity contribution is 5.97. The van der Waals surface area contributed by atoms with Crippen LogP contribution in [0, 0.1) is 0 Å². The van der Waals surface area contributed by atoms with Gasteiger partial charge in [-0.05, 0) is 12.1 Å². The maximum absolute atomic E-state index is 12.5. The summed E-state index contributed by atoms with van der Waals surface area (Å²) in [4.78, 5) is 29.4. The van der Waals surface area contributed by atoms with Crippen LogP contribution in [0.5, 0.6) is 0 Å². The van der Waals surface area contributed by atoms with Crippen molar-refractivity contribution in [3.63, 3.8) is 0 Å². The second-order valence-corrected chi connectivity index (χ2v) is 5.59. The van der Waals surface area contributed by atoms with E-state index < -0.39 is 0 Å². The van der Waals surface area contributed by atoms with Gasteiger partial charge in [0.15, 0.2) is 5.78 Å². The van der Waals surface area contributed by atoms with Crippen LogP contribution in [0.2, 0.25) is 0 Å². The Bertz CT molecular complexity index is 1130. The van der Waals surface area contributed by atoms with Gasteiger partial charge in [-0.15, -0.1) is 0 Å². The first-order valence-corrected chi connectivity index (χ1v) is 7.57. The highest BCUT2D eigenvalue weighted by atomic mass is 16.1. The lowest BCUT2D eigenvalue weighted by Gasteiger charge is -2.05. The van der Waals surface area contributed by atoms with E-state index in [2.05, 4.69) is 10.1 Å². The Morgan fingerprint density at radius 1 is 1.04 bits per heavy atom. The van der Waals surface area contributed by atoms with Crippen molar-refractivity contribution in [3.05, 3.63) is 76.2 Å². The maximum atomic E-state index is 12.5. The maximum Gasteiger partial charge on any atom is 0.277 e. The first-order valence-electron chi connectivity index (χ1n) is 7.57. The Labute approximate surface area is 137 Å². The molecule has 4 aromatic rings. The van der Waals surface area contributed by atoms with E-state index in [4.69, 9.17) is 0 Å². The standard InChI is InChI=1S/C18H14N4O2/c1-21-17(24)14(11-16(23)12-7-3-2-4-8-12)20-22-15-10-6-5-9-13(15)19-18(21)22/h2-10H,11H2,1H3. The molecule has 0 unspecified atom stereocenters.